The summed E-state index contributed by atoms with van der Waals surface area (Å²) in [4.78, 5) is 3.76. The third kappa shape index (κ3) is 1.86. The number of nitriles is 1. The molecule has 0 spiro atoms. The number of halogens is 2. The molecule has 0 N–H and O–H groups in total. The average Bonchev–Trinajstić information content (AvgIpc) is 2.85. The van der Waals surface area contributed by atoms with Crippen LogP contribution in [-0.2, 0) is 16.9 Å². The fraction of sp³-hybridized carbons (Fsp3) is 0.250. The van der Waals surface area contributed by atoms with Crippen LogP contribution in [0.1, 0.15) is 5.56 Å². The van der Waals surface area contributed by atoms with Crippen LogP contribution in [0.2, 0.25) is 0 Å². The van der Waals surface area contributed by atoms with Crippen LogP contribution in [-0.4, -0.2) is 20.9 Å². The Labute approximate surface area is 107 Å². The van der Waals surface area contributed by atoms with Gasteiger partial charge in [0.2, 0.25) is 0 Å². The molecular formula is C12H8F2N4O. The van der Waals surface area contributed by atoms with Crippen molar-refractivity contribution in [2.75, 3.05) is 0 Å². The maximum Gasteiger partial charge on any atom is 0.180 e. The minimum absolute atomic E-state index is 0.0227. The first-order chi connectivity index (χ1) is 9.15. The lowest BCUT2D eigenvalue weighted by Crippen LogP contribution is -2.22. The van der Waals surface area contributed by atoms with E-state index in [9.17, 15) is 8.78 Å². The summed E-state index contributed by atoms with van der Waals surface area (Å²) in [6, 6.07) is 5.00. The van der Waals surface area contributed by atoms with Crippen molar-refractivity contribution in [3.63, 3.8) is 0 Å². The highest BCUT2D eigenvalue weighted by atomic mass is 19.1. The van der Waals surface area contributed by atoms with Gasteiger partial charge in [-0.15, -0.1) is 0 Å². The fourth-order valence-corrected chi connectivity index (χ4v) is 2.09. The molecule has 1 aromatic heterocycles. The Hall–Kier alpha value is -2.33. The van der Waals surface area contributed by atoms with Crippen LogP contribution in [0.4, 0.5) is 8.78 Å². The van der Waals surface area contributed by atoms with Crippen LogP contribution in [0.3, 0.4) is 0 Å². The number of hydrogen-bond acceptors (Lipinski definition) is 4. The summed E-state index contributed by atoms with van der Waals surface area (Å²) in [6.07, 6.45) is 1.92. The zero-order valence-electron chi connectivity index (χ0n) is 9.62. The van der Waals surface area contributed by atoms with Crippen molar-refractivity contribution in [1.29, 1.82) is 5.26 Å². The second-order valence-corrected chi connectivity index (χ2v) is 4.23. The van der Waals surface area contributed by atoms with E-state index in [1.54, 1.807) is 0 Å². The zero-order valence-corrected chi connectivity index (χ0v) is 9.62. The minimum atomic E-state index is -1.20. The predicted molar refractivity (Wildman–Crippen MR) is 58.5 cm³/mol. The normalized spacial score (nSPS) is 25.0. The molecule has 3 rings (SSSR count). The molecule has 2 heterocycles. The molecule has 0 aliphatic carbocycles. The maximum absolute atomic E-state index is 13.8. The van der Waals surface area contributed by atoms with Crippen LogP contribution in [0.15, 0.2) is 30.9 Å². The van der Waals surface area contributed by atoms with E-state index in [4.69, 9.17) is 10.00 Å². The van der Waals surface area contributed by atoms with Gasteiger partial charge in [-0.1, -0.05) is 0 Å². The van der Waals surface area contributed by atoms with E-state index < -0.39 is 23.3 Å². The van der Waals surface area contributed by atoms with Gasteiger partial charge in [-0.2, -0.15) is 10.4 Å². The Kier molecular flexibility index (Phi) is 2.54. The Morgan fingerprint density at radius 1 is 1.47 bits per heavy atom. The van der Waals surface area contributed by atoms with Crippen LogP contribution >= 0.6 is 0 Å². The Morgan fingerprint density at radius 2 is 2.32 bits per heavy atom. The molecule has 0 radical (unpaired) electrons. The van der Waals surface area contributed by atoms with Gasteiger partial charge < -0.3 is 4.74 Å². The lowest BCUT2D eigenvalue weighted by Gasteiger charge is -2.13. The summed E-state index contributed by atoms with van der Waals surface area (Å²) in [5.41, 5.74) is -1.18. The molecule has 0 amide bonds. The van der Waals surface area contributed by atoms with Gasteiger partial charge in [0.05, 0.1) is 12.6 Å². The highest BCUT2D eigenvalue weighted by Gasteiger charge is 2.60. The van der Waals surface area contributed by atoms with Crippen molar-refractivity contribution in [2.24, 2.45) is 0 Å². The first-order valence-electron chi connectivity index (χ1n) is 5.51. The molecule has 1 aromatic carbocycles. The van der Waals surface area contributed by atoms with E-state index in [0.29, 0.717) is 0 Å². The monoisotopic (exact) mass is 262 g/mol. The lowest BCUT2D eigenvalue weighted by molar-refractivity contribution is 0.259. The first-order valence-corrected chi connectivity index (χ1v) is 5.51. The number of ether oxygens (including phenoxy) is 1. The van der Waals surface area contributed by atoms with Crippen LogP contribution in [0.25, 0.3) is 0 Å². The highest BCUT2D eigenvalue weighted by Crippen LogP contribution is 2.48. The predicted octanol–water partition coefficient (Wildman–Crippen LogP) is 1.37. The molecule has 0 bridgehead atoms. The van der Waals surface area contributed by atoms with Gasteiger partial charge in [0.25, 0.3) is 0 Å². The molecule has 2 aromatic rings. The summed E-state index contributed by atoms with van der Waals surface area (Å²) in [6.45, 7) is 0.103. The van der Waals surface area contributed by atoms with E-state index in [1.807, 2.05) is 6.07 Å². The lowest BCUT2D eigenvalue weighted by atomic mass is 9.95. The van der Waals surface area contributed by atoms with Gasteiger partial charge in [-0.05, 0) is 18.2 Å². The minimum Gasteiger partial charge on any atom is -0.343 e. The molecule has 1 aliphatic rings. The Morgan fingerprint density at radius 3 is 2.95 bits per heavy atom. The number of nitrogens with zero attached hydrogens (tertiary/aromatic N) is 4. The van der Waals surface area contributed by atoms with Gasteiger partial charge in [-0.25, -0.2) is 18.4 Å². The fourth-order valence-electron chi connectivity index (χ4n) is 2.09. The van der Waals surface area contributed by atoms with Crippen molar-refractivity contribution in [2.45, 2.75) is 18.2 Å². The average molecular weight is 262 g/mol. The van der Waals surface area contributed by atoms with Crippen molar-refractivity contribution in [1.82, 2.24) is 14.8 Å². The van der Waals surface area contributed by atoms with Gasteiger partial charge in [0.15, 0.2) is 11.7 Å². The van der Waals surface area contributed by atoms with Gasteiger partial charge in [0, 0.05) is 5.56 Å². The third-order valence-corrected chi connectivity index (χ3v) is 3.06. The second kappa shape index (κ2) is 4.10. The molecule has 96 valence electrons. The topological polar surface area (TPSA) is 67.0 Å². The summed E-state index contributed by atoms with van der Waals surface area (Å²) in [7, 11) is 0. The van der Waals surface area contributed by atoms with E-state index >= 15 is 0 Å². The zero-order chi connectivity index (χ0) is 13.5. The van der Waals surface area contributed by atoms with Crippen LogP contribution < -0.4 is 0 Å². The first kappa shape index (κ1) is 11.7. The summed E-state index contributed by atoms with van der Waals surface area (Å²) < 4.78 is 33.8. The largest absolute Gasteiger partial charge is 0.343 e. The molecule has 19 heavy (non-hydrogen) atoms. The molecule has 7 heteroatoms. The molecule has 0 saturated carbocycles. The molecule has 1 saturated heterocycles. The van der Waals surface area contributed by atoms with Gasteiger partial charge >= 0.3 is 0 Å². The van der Waals surface area contributed by atoms with Gasteiger partial charge in [-0.3, -0.25) is 0 Å². The number of epoxide rings is 1. The van der Waals surface area contributed by atoms with E-state index in [2.05, 4.69) is 10.1 Å². The van der Waals surface area contributed by atoms with Crippen molar-refractivity contribution < 1.29 is 13.5 Å². The molecule has 1 fully saturated rings. The number of hydrogen-bond donors (Lipinski definition) is 0. The summed E-state index contributed by atoms with van der Waals surface area (Å²) in [5.74, 6) is -1.19. The Balaban J connectivity index is 2.02. The van der Waals surface area contributed by atoms with Crippen molar-refractivity contribution in [3.05, 3.63) is 48.1 Å². The number of benzene rings is 1. The third-order valence-electron chi connectivity index (χ3n) is 3.06. The van der Waals surface area contributed by atoms with E-state index in [-0.39, 0.29) is 12.1 Å². The molecule has 1 aliphatic heterocycles. The van der Waals surface area contributed by atoms with Crippen molar-refractivity contribution in [3.8, 4) is 6.07 Å². The number of rotatable bonds is 3. The quantitative estimate of drug-likeness (QED) is 0.783. The van der Waals surface area contributed by atoms with Crippen molar-refractivity contribution >= 4 is 0 Å². The second-order valence-electron chi connectivity index (χ2n) is 4.23. The van der Waals surface area contributed by atoms with Gasteiger partial charge in [0.1, 0.15) is 24.3 Å². The SMILES string of the molecule is N#C[C@H]1OC1(Cn1cncn1)c1cc(F)ccc1F. The molecule has 5 nitrogen and oxygen atoms in total. The number of aromatic nitrogens is 3. The summed E-state index contributed by atoms with van der Waals surface area (Å²) >= 11 is 0. The van der Waals surface area contributed by atoms with E-state index in [0.717, 1.165) is 18.2 Å². The highest BCUT2D eigenvalue weighted by molar-refractivity contribution is 5.34. The molecule has 1 unspecified atom stereocenters. The Bertz CT molecular complexity index is 652. The molecule has 2 atom stereocenters. The summed E-state index contributed by atoms with van der Waals surface area (Å²) in [5, 5.41) is 12.8. The maximum atomic E-state index is 13.8. The van der Waals surface area contributed by atoms with Crippen LogP contribution in [0, 0.1) is 23.0 Å². The smallest absolute Gasteiger partial charge is 0.180 e. The standard InChI is InChI=1S/C12H8F2N4O/c13-8-1-2-10(14)9(3-8)12(11(4-15)19-12)5-18-7-16-6-17-18/h1-3,6-7,11H,5H2/t11-,12?/m1/s1. The van der Waals surface area contributed by atoms with Crippen LogP contribution in [0.5, 0.6) is 0 Å². The molecular weight excluding hydrogens is 254 g/mol. The van der Waals surface area contributed by atoms with E-state index in [1.165, 1.54) is 17.3 Å².